The van der Waals surface area contributed by atoms with E-state index in [0.717, 1.165) is 6.07 Å². The fourth-order valence-electron chi connectivity index (χ4n) is 1.60. The summed E-state index contributed by atoms with van der Waals surface area (Å²) >= 11 is 11.6. The average Bonchev–Trinajstić information content (AvgIpc) is 2.71. The molecule has 0 saturated heterocycles. The van der Waals surface area contributed by atoms with Crippen LogP contribution in [0, 0.1) is 6.57 Å². The zero-order valence-corrected chi connectivity index (χ0v) is 10.7. The largest absolute Gasteiger partial charge is 0.429 e. The van der Waals surface area contributed by atoms with Crippen molar-refractivity contribution in [3.8, 4) is 11.3 Å². The summed E-state index contributed by atoms with van der Waals surface area (Å²) in [6.45, 7) is 6.93. The molecule has 0 radical (unpaired) electrons. The molecule has 0 spiro atoms. The summed E-state index contributed by atoms with van der Waals surface area (Å²) in [5.41, 5.74) is -0.735. The van der Waals surface area contributed by atoms with E-state index in [1.807, 2.05) is 0 Å². The van der Waals surface area contributed by atoms with Crippen molar-refractivity contribution in [1.82, 2.24) is 4.98 Å². The highest BCUT2D eigenvalue weighted by atomic mass is 35.5. The van der Waals surface area contributed by atoms with Gasteiger partial charge in [0, 0.05) is 10.0 Å². The second-order valence-electron chi connectivity index (χ2n) is 3.71. The Morgan fingerprint density at radius 3 is 2.11 bits per heavy atom. The van der Waals surface area contributed by atoms with E-state index in [-0.39, 0.29) is 21.4 Å². The molecule has 0 atom stereocenters. The van der Waals surface area contributed by atoms with E-state index in [0.29, 0.717) is 5.56 Å². The lowest BCUT2D eigenvalue weighted by molar-refractivity contribution is -0.140. The summed E-state index contributed by atoms with van der Waals surface area (Å²) in [5, 5.41) is 0.558. The molecule has 7 heteroatoms. The Balaban J connectivity index is 2.62. The molecule has 0 aliphatic rings. The Hall–Kier alpha value is -1.64. The van der Waals surface area contributed by atoms with Gasteiger partial charge in [-0.05, 0) is 29.8 Å². The smallest absolute Gasteiger partial charge is 0.361 e. The van der Waals surface area contributed by atoms with Crippen LogP contribution in [0.25, 0.3) is 16.1 Å². The van der Waals surface area contributed by atoms with Gasteiger partial charge in [0.05, 0.1) is 12.3 Å². The molecule has 1 aromatic heterocycles. The molecule has 98 valence electrons. The van der Waals surface area contributed by atoms with Crippen molar-refractivity contribution in [2.75, 3.05) is 0 Å². The highest BCUT2D eigenvalue weighted by molar-refractivity contribution is 6.35. The van der Waals surface area contributed by atoms with Crippen LogP contribution in [0.5, 0.6) is 0 Å². The van der Waals surface area contributed by atoms with Gasteiger partial charge >= 0.3 is 6.18 Å². The SMILES string of the molecule is [C-]#[N+]c1cc(C(F)(F)F)[nH]c1-c1cc(Cl)cc(Cl)c1. The number of hydrogen-bond donors (Lipinski definition) is 1. The van der Waals surface area contributed by atoms with Gasteiger partial charge in [-0.2, -0.15) is 13.2 Å². The van der Waals surface area contributed by atoms with Gasteiger partial charge in [0.25, 0.3) is 0 Å². The number of alkyl halides is 3. The second kappa shape index (κ2) is 4.80. The number of nitrogens with zero attached hydrogens (tertiary/aromatic N) is 1. The minimum absolute atomic E-state index is 0.0479. The van der Waals surface area contributed by atoms with E-state index in [9.17, 15) is 13.2 Å². The molecule has 0 bridgehead atoms. The number of benzene rings is 1. The van der Waals surface area contributed by atoms with Gasteiger partial charge in [-0.3, -0.25) is 0 Å². The van der Waals surface area contributed by atoms with Crippen LogP contribution >= 0.6 is 23.2 Å². The molecule has 0 aliphatic carbocycles. The van der Waals surface area contributed by atoms with Gasteiger partial charge < -0.3 is 4.98 Å². The minimum atomic E-state index is -4.54. The summed E-state index contributed by atoms with van der Waals surface area (Å²) in [6, 6.07) is 5.09. The Morgan fingerprint density at radius 2 is 1.63 bits per heavy atom. The number of aromatic nitrogens is 1. The molecule has 0 saturated carbocycles. The van der Waals surface area contributed by atoms with Crippen LogP contribution in [-0.4, -0.2) is 4.98 Å². The van der Waals surface area contributed by atoms with E-state index >= 15 is 0 Å². The lowest BCUT2D eigenvalue weighted by Gasteiger charge is -2.04. The van der Waals surface area contributed by atoms with E-state index in [1.54, 1.807) is 0 Å². The zero-order chi connectivity index (χ0) is 14.2. The molecule has 0 amide bonds. The first-order valence-corrected chi connectivity index (χ1v) is 5.71. The van der Waals surface area contributed by atoms with E-state index in [1.165, 1.54) is 18.2 Å². The fourth-order valence-corrected chi connectivity index (χ4v) is 2.13. The molecule has 1 N–H and O–H groups in total. The normalized spacial score (nSPS) is 11.4. The molecular formula is C12H5Cl2F3N2. The maximum atomic E-state index is 12.6. The Kier molecular flexibility index (Phi) is 3.48. The Bertz CT molecular complexity index is 648. The molecule has 2 nitrogen and oxygen atoms in total. The summed E-state index contributed by atoms with van der Waals surface area (Å²) < 4.78 is 37.8. The van der Waals surface area contributed by atoms with Crippen LogP contribution < -0.4 is 0 Å². The van der Waals surface area contributed by atoms with Crippen molar-refractivity contribution in [3.63, 3.8) is 0 Å². The van der Waals surface area contributed by atoms with Gasteiger partial charge in [0.2, 0.25) is 5.69 Å². The standard InChI is InChI=1S/C12H5Cl2F3N2/c1-18-9-5-10(12(15,16)17)19-11(9)6-2-7(13)4-8(14)3-6/h2-5,19H. The van der Waals surface area contributed by atoms with Crippen molar-refractivity contribution in [2.45, 2.75) is 6.18 Å². The first-order valence-electron chi connectivity index (χ1n) is 4.95. The van der Waals surface area contributed by atoms with Gasteiger partial charge in [-0.15, -0.1) is 0 Å². The predicted molar refractivity (Wildman–Crippen MR) is 67.5 cm³/mol. The first kappa shape index (κ1) is 13.8. The quantitative estimate of drug-likeness (QED) is 0.666. The molecule has 1 aromatic carbocycles. The number of hydrogen-bond acceptors (Lipinski definition) is 0. The molecule has 19 heavy (non-hydrogen) atoms. The lowest BCUT2D eigenvalue weighted by atomic mass is 10.1. The highest BCUT2D eigenvalue weighted by Gasteiger charge is 2.33. The van der Waals surface area contributed by atoms with Crippen LogP contribution in [-0.2, 0) is 6.18 Å². The van der Waals surface area contributed by atoms with E-state index in [2.05, 4.69) is 9.83 Å². The van der Waals surface area contributed by atoms with Crippen LogP contribution in [0.15, 0.2) is 24.3 Å². The second-order valence-corrected chi connectivity index (χ2v) is 4.58. The third kappa shape index (κ3) is 2.86. The number of aromatic amines is 1. The minimum Gasteiger partial charge on any atom is -0.361 e. The highest BCUT2D eigenvalue weighted by Crippen LogP contribution is 2.38. The Morgan fingerprint density at radius 1 is 1.05 bits per heavy atom. The summed E-state index contributed by atoms with van der Waals surface area (Å²) in [6.07, 6.45) is -4.54. The van der Waals surface area contributed by atoms with Gasteiger partial charge in [0.1, 0.15) is 5.69 Å². The molecule has 0 unspecified atom stereocenters. The molecular weight excluding hydrogens is 300 g/mol. The van der Waals surface area contributed by atoms with E-state index in [4.69, 9.17) is 29.8 Å². The number of halogens is 5. The third-order valence-corrected chi connectivity index (χ3v) is 2.81. The number of nitrogens with one attached hydrogen (secondary N) is 1. The van der Waals surface area contributed by atoms with Crippen molar-refractivity contribution in [2.24, 2.45) is 0 Å². The van der Waals surface area contributed by atoms with Crippen LogP contribution in [0.2, 0.25) is 10.0 Å². The zero-order valence-electron chi connectivity index (χ0n) is 9.15. The Labute approximate surface area is 116 Å². The van der Waals surface area contributed by atoms with Crippen LogP contribution in [0.3, 0.4) is 0 Å². The van der Waals surface area contributed by atoms with Crippen molar-refractivity contribution >= 4 is 28.9 Å². The van der Waals surface area contributed by atoms with Crippen LogP contribution in [0.4, 0.5) is 18.9 Å². The predicted octanol–water partition coefficient (Wildman–Crippen LogP) is 5.56. The molecule has 0 aliphatic heterocycles. The van der Waals surface area contributed by atoms with Gasteiger partial charge in [-0.25, -0.2) is 4.85 Å². The molecule has 2 rings (SSSR count). The molecule has 1 heterocycles. The van der Waals surface area contributed by atoms with Crippen molar-refractivity contribution in [1.29, 1.82) is 0 Å². The number of rotatable bonds is 1. The number of H-pyrrole nitrogens is 1. The third-order valence-electron chi connectivity index (χ3n) is 2.37. The lowest BCUT2D eigenvalue weighted by Crippen LogP contribution is -2.04. The summed E-state index contributed by atoms with van der Waals surface area (Å²) in [5.74, 6) is 0. The first-order chi connectivity index (χ1) is 8.81. The maximum Gasteiger partial charge on any atom is 0.429 e. The summed E-state index contributed by atoms with van der Waals surface area (Å²) in [4.78, 5) is 5.26. The van der Waals surface area contributed by atoms with Gasteiger partial charge in [0.15, 0.2) is 0 Å². The summed E-state index contributed by atoms with van der Waals surface area (Å²) in [7, 11) is 0. The van der Waals surface area contributed by atoms with Crippen molar-refractivity contribution < 1.29 is 13.2 Å². The monoisotopic (exact) mass is 304 g/mol. The average molecular weight is 305 g/mol. The van der Waals surface area contributed by atoms with Crippen LogP contribution in [0.1, 0.15) is 5.69 Å². The van der Waals surface area contributed by atoms with Gasteiger partial charge in [-0.1, -0.05) is 23.2 Å². The van der Waals surface area contributed by atoms with E-state index < -0.39 is 11.9 Å². The molecule has 2 aromatic rings. The van der Waals surface area contributed by atoms with Crippen molar-refractivity contribution in [3.05, 3.63) is 51.4 Å². The maximum absolute atomic E-state index is 12.6. The topological polar surface area (TPSA) is 20.1 Å². The molecule has 0 fully saturated rings. The fraction of sp³-hybridized carbons (Fsp3) is 0.0833.